The molecule has 8 nitrogen and oxygen atoms in total. The molecule has 0 aromatic carbocycles. The summed E-state index contributed by atoms with van der Waals surface area (Å²) in [6.07, 6.45) is 6.16. The third kappa shape index (κ3) is 2.49. The molecule has 1 amide bonds. The third-order valence-corrected chi connectivity index (χ3v) is 6.27. The number of likely N-dealkylation sites (tertiary alicyclic amines) is 1. The van der Waals surface area contributed by atoms with Crippen LogP contribution >= 0.6 is 0 Å². The first kappa shape index (κ1) is 16.4. The number of H-pyrrole nitrogens is 1. The number of carbonyl (C=O) groups excluding carboxylic acids is 2. The van der Waals surface area contributed by atoms with Crippen molar-refractivity contribution in [2.45, 2.75) is 50.9 Å². The largest absolute Gasteiger partial charge is 0.468 e. The molecule has 2 saturated carbocycles. The minimum absolute atomic E-state index is 0.121. The molecule has 136 valence electrons. The summed E-state index contributed by atoms with van der Waals surface area (Å²) in [5.74, 6) is -0.930. The van der Waals surface area contributed by atoms with E-state index in [0.29, 0.717) is 31.8 Å². The maximum Gasteiger partial charge on any atom is 0.434 e. The highest BCUT2D eigenvalue weighted by atomic mass is 16.5. The van der Waals surface area contributed by atoms with E-state index in [1.165, 1.54) is 13.5 Å². The lowest BCUT2D eigenvalue weighted by Gasteiger charge is -2.59. The Morgan fingerprint density at radius 3 is 2.64 bits per heavy atom. The number of aromatic amines is 1. The molecule has 8 heteroatoms. The van der Waals surface area contributed by atoms with E-state index in [2.05, 4.69) is 10.2 Å². The lowest BCUT2D eigenvalue weighted by atomic mass is 9.45. The monoisotopic (exact) mass is 349 g/mol. The Morgan fingerprint density at radius 1 is 1.32 bits per heavy atom. The Hall–Kier alpha value is -2.12. The van der Waals surface area contributed by atoms with Gasteiger partial charge in [0.05, 0.1) is 13.0 Å². The van der Waals surface area contributed by atoms with Gasteiger partial charge in [0.25, 0.3) is 0 Å². The van der Waals surface area contributed by atoms with E-state index in [1.54, 1.807) is 4.90 Å². The number of amides is 1. The van der Waals surface area contributed by atoms with Crippen LogP contribution in [0.1, 0.15) is 56.8 Å². The zero-order valence-electron chi connectivity index (χ0n) is 14.4. The highest BCUT2D eigenvalue weighted by Crippen LogP contribution is 2.65. The highest BCUT2D eigenvalue weighted by Gasteiger charge is 2.66. The molecule has 1 N–H and O–H groups in total. The van der Waals surface area contributed by atoms with Gasteiger partial charge in [-0.1, -0.05) is 6.42 Å². The van der Waals surface area contributed by atoms with Crippen LogP contribution in [0.3, 0.4) is 0 Å². The van der Waals surface area contributed by atoms with Crippen LogP contribution < -0.4 is 5.76 Å². The maximum atomic E-state index is 13.2. The summed E-state index contributed by atoms with van der Waals surface area (Å²) >= 11 is 0. The van der Waals surface area contributed by atoms with Gasteiger partial charge >= 0.3 is 11.7 Å². The van der Waals surface area contributed by atoms with Crippen LogP contribution in [0.25, 0.3) is 0 Å². The van der Waals surface area contributed by atoms with Gasteiger partial charge in [-0.05, 0) is 43.9 Å². The molecular formula is C17H23N3O5. The van der Waals surface area contributed by atoms with E-state index in [9.17, 15) is 14.4 Å². The number of ether oxygens (including phenoxy) is 1. The normalized spacial score (nSPS) is 26.6. The Balaban J connectivity index is 1.52. The zero-order chi connectivity index (χ0) is 17.7. The van der Waals surface area contributed by atoms with Gasteiger partial charge in [0.15, 0.2) is 0 Å². The maximum absolute atomic E-state index is 13.2. The summed E-state index contributed by atoms with van der Waals surface area (Å²) in [6, 6.07) is 0. The molecule has 1 saturated heterocycles. The van der Waals surface area contributed by atoms with Gasteiger partial charge in [0.2, 0.25) is 11.8 Å². The number of rotatable bonds is 3. The van der Waals surface area contributed by atoms with Crippen LogP contribution in [0.2, 0.25) is 0 Å². The van der Waals surface area contributed by atoms with Crippen molar-refractivity contribution in [2.75, 3.05) is 20.2 Å². The number of carbonyl (C=O) groups is 2. The number of nitrogens with zero attached hydrogens (tertiary/aromatic N) is 2. The van der Waals surface area contributed by atoms with Gasteiger partial charge in [-0.15, -0.1) is 5.10 Å². The quantitative estimate of drug-likeness (QED) is 0.649. The van der Waals surface area contributed by atoms with Crippen molar-refractivity contribution >= 4 is 11.9 Å². The lowest BCUT2D eigenvalue weighted by molar-refractivity contribution is -0.190. The molecule has 2 heterocycles. The molecule has 1 aromatic heterocycles. The van der Waals surface area contributed by atoms with Crippen LogP contribution in [0, 0.1) is 10.8 Å². The molecule has 3 aliphatic rings. The second-order valence-corrected chi connectivity index (χ2v) is 7.82. The van der Waals surface area contributed by atoms with Gasteiger partial charge in [-0.2, -0.15) is 0 Å². The van der Waals surface area contributed by atoms with E-state index in [0.717, 1.165) is 25.7 Å². The highest BCUT2D eigenvalue weighted by molar-refractivity contribution is 6.04. The molecule has 0 bridgehead atoms. The number of piperidine rings is 1. The molecular weight excluding hydrogens is 326 g/mol. The van der Waals surface area contributed by atoms with Crippen LogP contribution in [0.4, 0.5) is 0 Å². The van der Waals surface area contributed by atoms with Crippen molar-refractivity contribution in [1.82, 2.24) is 15.1 Å². The fraction of sp³-hybridized carbons (Fsp3) is 0.765. The molecule has 3 fully saturated rings. The Morgan fingerprint density at radius 2 is 2.08 bits per heavy atom. The number of nitrogens with one attached hydrogen (secondary N) is 1. The average Bonchev–Trinajstić information content (AvgIpc) is 2.99. The van der Waals surface area contributed by atoms with Gasteiger partial charge in [-0.25, -0.2) is 9.89 Å². The summed E-state index contributed by atoms with van der Waals surface area (Å²) in [7, 11) is 1.35. The topological polar surface area (TPSA) is 106 Å². The van der Waals surface area contributed by atoms with Crippen molar-refractivity contribution in [3.8, 4) is 0 Å². The molecule has 1 unspecified atom stereocenters. The summed E-state index contributed by atoms with van der Waals surface area (Å²) in [4.78, 5) is 38.6. The Labute approximate surface area is 144 Å². The molecule has 25 heavy (non-hydrogen) atoms. The van der Waals surface area contributed by atoms with Crippen LogP contribution in [0.5, 0.6) is 0 Å². The molecule has 2 aliphatic carbocycles. The number of aromatic nitrogens is 2. The van der Waals surface area contributed by atoms with Crippen LogP contribution in [-0.4, -0.2) is 47.2 Å². The predicted octanol–water partition coefficient (Wildman–Crippen LogP) is 1.19. The number of esters is 1. The molecule has 0 radical (unpaired) electrons. The fourth-order valence-corrected chi connectivity index (χ4v) is 4.92. The smallest absolute Gasteiger partial charge is 0.434 e. The van der Waals surface area contributed by atoms with Crippen molar-refractivity contribution in [3.05, 3.63) is 16.4 Å². The van der Waals surface area contributed by atoms with E-state index < -0.39 is 17.1 Å². The average molecular weight is 349 g/mol. The van der Waals surface area contributed by atoms with Crippen molar-refractivity contribution in [1.29, 1.82) is 0 Å². The minimum Gasteiger partial charge on any atom is -0.468 e. The summed E-state index contributed by atoms with van der Waals surface area (Å²) in [6.45, 7) is 1.02. The molecule has 1 aliphatic heterocycles. The van der Waals surface area contributed by atoms with Gasteiger partial charge in [0.1, 0.15) is 5.41 Å². The summed E-state index contributed by atoms with van der Waals surface area (Å²) < 4.78 is 10.0. The Bertz CT molecular complexity index is 739. The number of hydrogen-bond acceptors (Lipinski definition) is 6. The van der Waals surface area contributed by atoms with Crippen LogP contribution in [-0.2, 0) is 14.3 Å². The minimum atomic E-state index is -1.02. The van der Waals surface area contributed by atoms with E-state index in [1.807, 2.05) is 0 Å². The first-order valence-corrected chi connectivity index (χ1v) is 8.91. The fourth-order valence-electron chi connectivity index (χ4n) is 4.92. The predicted molar refractivity (Wildman–Crippen MR) is 85.6 cm³/mol. The molecule has 1 spiro atoms. The van der Waals surface area contributed by atoms with E-state index in [-0.39, 0.29) is 17.2 Å². The molecule has 1 aromatic rings. The summed E-state index contributed by atoms with van der Waals surface area (Å²) in [5, 5.41) is 6.16. The molecule has 1 atom stereocenters. The van der Waals surface area contributed by atoms with Gasteiger partial charge < -0.3 is 14.1 Å². The van der Waals surface area contributed by atoms with Crippen molar-refractivity contribution in [2.24, 2.45) is 10.8 Å². The Kier molecular flexibility index (Phi) is 3.73. The zero-order valence-corrected chi connectivity index (χ0v) is 14.4. The van der Waals surface area contributed by atoms with Gasteiger partial charge in [0, 0.05) is 13.1 Å². The summed E-state index contributed by atoms with van der Waals surface area (Å²) in [5.41, 5.74) is -0.850. The second kappa shape index (κ2) is 5.71. The lowest BCUT2D eigenvalue weighted by Crippen LogP contribution is -2.62. The number of hydrogen-bond donors (Lipinski definition) is 1. The van der Waals surface area contributed by atoms with E-state index in [4.69, 9.17) is 9.15 Å². The standard InChI is InChI=1S/C17H23N3O5/c1-24-14(22)17(9-16(10-17)5-3-6-16)13(21)20-7-2-4-11(8-20)12-18-19-15(23)25-12/h11H,2-10H2,1H3,(H,19,23). The van der Waals surface area contributed by atoms with Crippen molar-refractivity contribution in [3.63, 3.8) is 0 Å². The molecule has 4 rings (SSSR count). The second-order valence-electron chi connectivity index (χ2n) is 7.82. The first-order valence-electron chi connectivity index (χ1n) is 8.91. The van der Waals surface area contributed by atoms with Crippen LogP contribution in [0.15, 0.2) is 9.21 Å². The SMILES string of the molecule is COC(=O)C1(C(=O)N2CCCC(c3n[nH]c(=O)o3)C2)CC2(CCC2)C1. The van der Waals surface area contributed by atoms with Gasteiger partial charge in [-0.3, -0.25) is 9.59 Å². The first-order chi connectivity index (χ1) is 12.0. The van der Waals surface area contributed by atoms with E-state index >= 15 is 0 Å². The van der Waals surface area contributed by atoms with Crippen molar-refractivity contribution < 1.29 is 18.7 Å². The third-order valence-electron chi connectivity index (χ3n) is 6.27. The number of methoxy groups -OCH3 is 1.